The second kappa shape index (κ2) is 6.89. The van der Waals surface area contributed by atoms with Crippen molar-refractivity contribution in [1.29, 1.82) is 0 Å². The molecule has 0 unspecified atom stereocenters. The summed E-state index contributed by atoms with van der Waals surface area (Å²) in [5.74, 6) is -0.0275. The lowest BCUT2D eigenvalue weighted by atomic mass is 9.87. The topological polar surface area (TPSA) is 41.1 Å². The van der Waals surface area contributed by atoms with E-state index in [9.17, 15) is 4.79 Å². The summed E-state index contributed by atoms with van der Waals surface area (Å²) in [5.41, 5.74) is 3.07. The molecule has 1 amide bonds. The van der Waals surface area contributed by atoms with Crippen LogP contribution < -0.4 is 10.6 Å². The van der Waals surface area contributed by atoms with Crippen molar-refractivity contribution in [2.24, 2.45) is 0 Å². The standard InChI is InChI=1S/C23H20N2O/c26-22-23(25-19-13-5-2-6-14-19,20-15-7-8-16-21(20)24-22)17-9-12-18-10-3-1-4-11-18/h1-16,25H,17H2,(H,24,26)/b12-9+/t23-/m0/s1. The van der Waals surface area contributed by atoms with Crippen LogP contribution in [0.2, 0.25) is 0 Å². The van der Waals surface area contributed by atoms with Gasteiger partial charge in [0, 0.05) is 23.4 Å². The van der Waals surface area contributed by atoms with Crippen molar-refractivity contribution in [2.75, 3.05) is 10.6 Å². The van der Waals surface area contributed by atoms with Crippen LogP contribution in [-0.2, 0) is 10.3 Å². The van der Waals surface area contributed by atoms with Crippen molar-refractivity contribution in [2.45, 2.75) is 12.0 Å². The van der Waals surface area contributed by atoms with E-state index in [1.54, 1.807) is 0 Å². The molecule has 0 aromatic heterocycles. The summed E-state index contributed by atoms with van der Waals surface area (Å²) in [4.78, 5) is 13.0. The molecule has 1 atom stereocenters. The Bertz CT molecular complexity index is 935. The number of amides is 1. The van der Waals surface area contributed by atoms with Gasteiger partial charge in [-0.1, -0.05) is 78.9 Å². The van der Waals surface area contributed by atoms with Gasteiger partial charge in [0.1, 0.15) is 5.54 Å². The number of carbonyl (C=O) groups is 1. The summed E-state index contributed by atoms with van der Waals surface area (Å²) in [6, 6.07) is 27.9. The van der Waals surface area contributed by atoms with Crippen LogP contribution in [0.5, 0.6) is 0 Å². The van der Waals surface area contributed by atoms with Gasteiger partial charge in [0.2, 0.25) is 0 Å². The highest BCUT2D eigenvalue weighted by molar-refractivity contribution is 6.07. The van der Waals surface area contributed by atoms with Gasteiger partial charge in [0.25, 0.3) is 5.91 Å². The monoisotopic (exact) mass is 340 g/mol. The van der Waals surface area contributed by atoms with Crippen LogP contribution in [0.4, 0.5) is 11.4 Å². The number of benzene rings is 3. The molecule has 0 fully saturated rings. The maximum atomic E-state index is 13.0. The van der Waals surface area contributed by atoms with E-state index in [1.165, 1.54) is 0 Å². The average molecular weight is 340 g/mol. The highest BCUT2D eigenvalue weighted by atomic mass is 16.2. The number of fused-ring (bicyclic) bond motifs is 1. The van der Waals surface area contributed by atoms with Crippen molar-refractivity contribution in [1.82, 2.24) is 0 Å². The van der Waals surface area contributed by atoms with Gasteiger partial charge in [-0.3, -0.25) is 4.79 Å². The van der Waals surface area contributed by atoms with Gasteiger partial charge in [0.05, 0.1) is 0 Å². The fourth-order valence-electron chi connectivity index (χ4n) is 3.40. The lowest BCUT2D eigenvalue weighted by Gasteiger charge is -2.29. The third-order valence-corrected chi connectivity index (χ3v) is 4.69. The van der Waals surface area contributed by atoms with E-state index in [2.05, 4.69) is 34.9 Å². The van der Waals surface area contributed by atoms with Gasteiger partial charge in [-0.25, -0.2) is 0 Å². The molecular formula is C23H20N2O. The van der Waals surface area contributed by atoms with E-state index in [4.69, 9.17) is 0 Å². The SMILES string of the molecule is O=C1Nc2ccccc2[C@]1(C/C=C/c1ccccc1)Nc1ccccc1. The first-order valence-corrected chi connectivity index (χ1v) is 8.74. The molecular weight excluding hydrogens is 320 g/mol. The summed E-state index contributed by atoms with van der Waals surface area (Å²) < 4.78 is 0. The summed E-state index contributed by atoms with van der Waals surface area (Å²) in [7, 11) is 0. The van der Waals surface area contributed by atoms with Crippen molar-refractivity contribution < 1.29 is 4.79 Å². The molecule has 3 nitrogen and oxygen atoms in total. The third-order valence-electron chi connectivity index (χ3n) is 4.69. The summed E-state index contributed by atoms with van der Waals surface area (Å²) in [5, 5.41) is 6.51. The molecule has 4 rings (SSSR count). The van der Waals surface area contributed by atoms with Gasteiger partial charge in [-0.05, 0) is 23.8 Å². The van der Waals surface area contributed by atoms with Crippen LogP contribution in [0.15, 0.2) is 91.0 Å². The maximum Gasteiger partial charge on any atom is 0.255 e. The summed E-state index contributed by atoms with van der Waals surface area (Å²) in [6.07, 6.45) is 4.68. The molecule has 0 saturated carbocycles. The normalized spacial score (nSPS) is 18.5. The molecule has 0 bridgehead atoms. The number of para-hydroxylation sites is 2. The Kier molecular flexibility index (Phi) is 4.28. The minimum atomic E-state index is -0.816. The molecule has 2 N–H and O–H groups in total. The summed E-state index contributed by atoms with van der Waals surface area (Å²) in [6.45, 7) is 0. The Balaban J connectivity index is 1.70. The van der Waals surface area contributed by atoms with E-state index in [-0.39, 0.29) is 5.91 Å². The quantitative estimate of drug-likeness (QED) is 0.682. The van der Waals surface area contributed by atoms with Crippen LogP contribution in [0.25, 0.3) is 6.08 Å². The molecule has 3 aromatic carbocycles. The fourth-order valence-corrected chi connectivity index (χ4v) is 3.40. The fraction of sp³-hybridized carbons (Fsp3) is 0.0870. The Morgan fingerprint density at radius 3 is 2.27 bits per heavy atom. The minimum Gasteiger partial charge on any atom is -0.367 e. The van der Waals surface area contributed by atoms with Crippen molar-refractivity contribution in [3.05, 3.63) is 102 Å². The smallest absolute Gasteiger partial charge is 0.255 e. The molecule has 0 radical (unpaired) electrons. The van der Waals surface area contributed by atoms with Crippen LogP contribution in [-0.4, -0.2) is 5.91 Å². The van der Waals surface area contributed by atoms with Crippen LogP contribution >= 0.6 is 0 Å². The molecule has 0 saturated heterocycles. The second-order valence-electron chi connectivity index (χ2n) is 6.41. The van der Waals surface area contributed by atoms with Crippen LogP contribution in [0.1, 0.15) is 17.5 Å². The molecule has 3 aromatic rings. The molecule has 0 aliphatic carbocycles. The zero-order valence-corrected chi connectivity index (χ0v) is 14.4. The van der Waals surface area contributed by atoms with Gasteiger partial charge < -0.3 is 10.6 Å². The number of hydrogen-bond acceptors (Lipinski definition) is 2. The second-order valence-corrected chi connectivity index (χ2v) is 6.41. The Labute approximate surface area is 153 Å². The van der Waals surface area contributed by atoms with E-state index in [1.807, 2.05) is 72.8 Å². The van der Waals surface area contributed by atoms with Gasteiger partial charge in [-0.15, -0.1) is 0 Å². The first-order chi connectivity index (χ1) is 12.8. The van der Waals surface area contributed by atoms with Gasteiger partial charge in [-0.2, -0.15) is 0 Å². The first-order valence-electron chi connectivity index (χ1n) is 8.74. The minimum absolute atomic E-state index is 0.0275. The Hall–Kier alpha value is -3.33. The number of anilines is 2. The van der Waals surface area contributed by atoms with Gasteiger partial charge >= 0.3 is 0 Å². The third kappa shape index (κ3) is 3.00. The highest BCUT2D eigenvalue weighted by Gasteiger charge is 2.45. The van der Waals surface area contributed by atoms with Crippen LogP contribution in [0.3, 0.4) is 0 Å². The number of hydrogen-bond donors (Lipinski definition) is 2. The molecule has 128 valence electrons. The van der Waals surface area contributed by atoms with E-state index in [0.29, 0.717) is 6.42 Å². The van der Waals surface area contributed by atoms with E-state index >= 15 is 0 Å². The zero-order valence-electron chi connectivity index (χ0n) is 14.4. The van der Waals surface area contributed by atoms with E-state index < -0.39 is 5.54 Å². The molecule has 1 aliphatic rings. The molecule has 3 heteroatoms. The Morgan fingerprint density at radius 2 is 1.50 bits per heavy atom. The number of carbonyl (C=O) groups excluding carboxylic acids is 1. The molecule has 26 heavy (non-hydrogen) atoms. The van der Waals surface area contributed by atoms with E-state index in [0.717, 1.165) is 22.5 Å². The lowest BCUT2D eigenvalue weighted by molar-refractivity contribution is -0.119. The predicted molar refractivity (Wildman–Crippen MR) is 107 cm³/mol. The maximum absolute atomic E-state index is 13.0. The first kappa shape index (κ1) is 16.2. The Morgan fingerprint density at radius 1 is 0.846 bits per heavy atom. The number of nitrogens with one attached hydrogen (secondary N) is 2. The van der Waals surface area contributed by atoms with Crippen molar-refractivity contribution in [3.8, 4) is 0 Å². The van der Waals surface area contributed by atoms with Crippen LogP contribution in [0, 0.1) is 0 Å². The van der Waals surface area contributed by atoms with Crippen molar-refractivity contribution in [3.63, 3.8) is 0 Å². The molecule has 1 aliphatic heterocycles. The van der Waals surface area contributed by atoms with Gasteiger partial charge in [0.15, 0.2) is 0 Å². The van der Waals surface area contributed by atoms with Crippen molar-refractivity contribution >= 4 is 23.4 Å². The largest absolute Gasteiger partial charge is 0.367 e. The highest BCUT2D eigenvalue weighted by Crippen LogP contribution is 2.41. The number of rotatable bonds is 5. The molecule has 0 spiro atoms. The predicted octanol–water partition coefficient (Wildman–Crippen LogP) is 5.05. The molecule has 1 heterocycles. The summed E-state index contributed by atoms with van der Waals surface area (Å²) >= 11 is 0. The lowest BCUT2D eigenvalue weighted by Crippen LogP contribution is -2.41. The zero-order chi connectivity index (χ0) is 17.8. The average Bonchev–Trinajstić information content (AvgIpc) is 2.95.